The first-order valence-corrected chi connectivity index (χ1v) is 5.08. The van der Waals surface area contributed by atoms with Crippen LogP contribution < -0.4 is 4.90 Å². The molecule has 1 fully saturated rings. The second-order valence-corrected chi connectivity index (χ2v) is 3.97. The maximum absolute atomic E-state index is 12.7. The number of anilines is 1. The fourth-order valence-corrected chi connectivity index (χ4v) is 1.90. The average Bonchev–Trinajstić information content (AvgIpc) is 2.64. The van der Waals surface area contributed by atoms with Gasteiger partial charge in [-0.3, -0.25) is 0 Å². The minimum Gasteiger partial charge on any atom is -0.356 e. The molecule has 5 heteroatoms. The van der Waals surface area contributed by atoms with Crippen LogP contribution in [0, 0.1) is 12.8 Å². The molecule has 1 aromatic rings. The summed E-state index contributed by atoms with van der Waals surface area (Å²) in [7, 11) is 0. The van der Waals surface area contributed by atoms with Crippen LogP contribution in [0.25, 0.3) is 0 Å². The third-order valence-corrected chi connectivity index (χ3v) is 2.68. The molecule has 0 spiro atoms. The highest BCUT2D eigenvalue weighted by atomic mass is 19.4. The van der Waals surface area contributed by atoms with Crippen LogP contribution in [0.15, 0.2) is 18.3 Å². The molecule has 0 N–H and O–H groups in total. The monoisotopic (exact) mass is 229 g/mol. The van der Waals surface area contributed by atoms with Crippen LogP contribution in [0.1, 0.15) is 12.0 Å². The van der Waals surface area contributed by atoms with E-state index >= 15 is 0 Å². The summed E-state index contributed by atoms with van der Waals surface area (Å²) in [5, 5.41) is 0. The van der Waals surface area contributed by atoms with Crippen molar-refractivity contribution in [2.24, 2.45) is 5.92 Å². The van der Waals surface area contributed by atoms with E-state index in [4.69, 9.17) is 0 Å². The van der Waals surface area contributed by atoms with Gasteiger partial charge in [-0.15, -0.1) is 0 Å². The Labute approximate surface area is 92.1 Å². The van der Waals surface area contributed by atoms with E-state index in [0.29, 0.717) is 13.1 Å². The molecule has 2 nitrogen and oxygen atoms in total. The third-order valence-electron chi connectivity index (χ3n) is 2.68. The van der Waals surface area contributed by atoms with Gasteiger partial charge in [0, 0.05) is 19.3 Å². The lowest BCUT2D eigenvalue weighted by molar-refractivity contribution is -0.137. The third kappa shape index (κ3) is 2.13. The molecular formula is C11H12F3N2. The van der Waals surface area contributed by atoms with Gasteiger partial charge in [0.15, 0.2) is 0 Å². The van der Waals surface area contributed by atoms with Crippen molar-refractivity contribution in [3.05, 3.63) is 30.8 Å². The summed E-state index contributed by atoms with van der Waals surface area (Å²) < 4.78 is 38.1. The Balaban J connectivity index is 2.34. The summed E-state index contributed by atoms with van der Waals surface area (Å²) in [6.45, 7) is 4.99. The topological polar surface area (TPSA) is 16.1 Å². The molecule has 1 aliphatic heterocycles. The Hall–Kier alpha value is -1.26. The second-order valence-electron chi connectivity index (χ2n) is 3.97. The molecule has 0 aromatic carbocycles. The summed E-state index contributed by atoms with van der Waals surface area (Å²) in [5.74, 6) is 0.212. The highest BCUT2D eigenvalue weighted by Crippen LogP contribution is 2.36. The van der Waals surface area contributed by atoms with Gasteiger partial charge in [-0.25, -0.2) is 4.98 Å². The summed E-state index contributed by atoms with van der Waals surface area (Å²) in [4.78, 5) is 5.49. The zero-order chi connectivity index (χ0) is 11.8. The van der Waals surface area contributed by atoms with E-state index in [0.717, 1.165) is 12.5 Å². The van der Waals surface area contributed by atoms with Gasteiger partial charge < -0.3 is 4.90 Å². The molecule has 0 bridgehead atoms. The van der Waals surface area contributed by atoms with Crippen LogP contribution in [0.4, 0.5) is 19.0 Å². The Morgan fingerprint density at radius 2 is 2.19 bits per heavy atom. The molecule has 0 amide bonds. The SMILES string of the molecule is [CH2][C@@H]1CCN(c2ncccc2C(F)(F)F)C1. The Kier molecular flexibility index (Phi) is 2.78. The first-order valence-electron chi connectivity index (χ1n) is 5.08. The predicted molar refractivity (Wildman–Crippen MR) is 54.9 cm³/mol. The molecule has 0 aliphatic carbocycles. The molecule has 2 heterocycles. The Morgan fingerprint density at radius 1 is 1.44 bits per heavy atom. The van der Waals surface area contributed by atoms with E-state index < -0.39 is 11.7 Å². The number of aromatic nitrogens is 1. The summed E-state index contributed by atoms with van der Waals surface area (Å²) in [6.07, 6.45) is -2.14. The Bertz CT molecular complexity index is 376. The maximum atomic E-state index is 12.7. The molecule has 2 rings (SSSR count). The standard InChI is InChI=1S/C11H12F3N2/c1-8-4-6-16(7-8)10-9(11(12,13)14)3-2-5-15-10/h2-3,5,8H,1,4,6-7H2/t8-/m1/s1. The van der Waals surface area contributed by atoms with Gasteiger partial charge in [0.05, 0.1) is 5.56 Å². The molecule has 16 heavy (non-hydrogen) atoms. The zero-order valence-electron chi connectivity index (χ0n) is 8.67. The highest BCUT2D eigenvalue weighted by Gasteiger charge is 2.36. The molecule has 1 radical (unpaired) electrons. The van der Waals surface area contributed by atoms with Crippen molar-refractivity contribution in [1.82, 2.24) is 4.98 Å². The van der Waals surface area contributed by atoms with Gasteiger partial charge >= 0.3 is 6.18 Å². The minimum absolute atomic E-state index is 0.0288. The maximum Gasteiger partial charge on any atom is 0.419 e. The van der Waals surface area contributed by atoms with Crippen molar-refractivity contribution in [3.8, 4) is 0 Å². The van der Waals surface area contributed by atoms with Crippen molar-refractivity contribution in [1.29, 1.82) is 0 Å². The number of alkyl halides is 3. The van der Waals surface area contributed by atoms with Crippen LogP contribution in [0.3, 0.4) is 0 Å². The largest absolute Gasteiger partial charge is 0.419 e. The number of hydrogen-bond donors (Lipinski definition) is 0. The molecule has 1 saturated heterocycles. The van der Waals surface area contributed by atoms with Crippen molar-refractivity contribution < 1.29 is 13.2 Å². The fraction of sp³-hybridized carbons (Fsp3) is 0.455. The van der Waals surface area contributed by atoms with E-state index in [1.54, 1.807) is 4.90 Å². The van der Waals surface area contributed by atoms with E-state index in [9.17, 15) is 13.2 Å². The molecule has 0 saturated carbocycles. The van der Waals surface area contributed by atoms with Crippen molar-refractivity contribution in [3.63, 3.8) is 0 Å². The highest BCUT2D eigenvalue weighted by molar-refractivity contribution is 5.49. The summed E-state index contributed by atoms with van der Waals surface area (Å²) in [6, 6.07) is 2.38. The summed E-state index contributed by atoms with van der Waals surface area (Å²) in [5.41, 5.74) is -0.663. The molecule has 1 aromatic heterocycles. The molecule has 1 atom stereocenters. The number of hydrogen-bond acceptors (Lipinski definition) is 2. The van der Waals surface area contributed by atoms with Gasteiger partial charge in [0.2, 0.25) is 0 Å². The van der Waals surface area contributed by atoms with Crippen molar-refractivity contribution >= 4 is 5.82 Å². The van der Waals surface area contributed by atoms with E-state index in [2.05, 4.69) is 11.9 Å². The number of halogens is 3. The molecular weight excluding hydrogens is 217 g/mol. The van der Waals surface area contributed by atoms with Gasteiger partial charge in [-0.1, -0.05) is 0 Å². The normalized spacial score (nSPS) is 21.5. The van der Waals surface area contributed by atoms with Crippen LogP contribution in [0.5, 0.6) is 0 Å². The Morgan fingerprint density at radius 3 is 2.75 bits per heavy atom. The van der Waals surface area contributed by atoms with Crippen molar-refractivity contribution in [2.75, 3.05) is 18.0 Å². The van der Waals surface area contributed by atoms with E-state index in [1.807, 2.05) is 0 Å². The lowest BCUT2D eigenvalue weighted by atomic mass is 10.2. The van der Waals surface area contributed by atoms with Crippen LogP contribution in [0.2, 0.25) is 0 Å². The molecule has 87 valence electrons. The lowest BCUT2D eigenvalue weighted by Gasteiger charge is -2.21. The van der Waals surface area contributed by atoms with Gasteiger partial charge in [-0.05, 0) is 31.4 Å². The van der Waals surface area contributed by atoms with Crippen LogP contribution in [-0.4, -0.2) is 18.1 Å². The summed E-state index contributed by atoms with van der Waals surface area (Å²) >= 11 is 0. The first kappa shape index (κ1) is 11.2. The lowest BCUT2D eigenvalue weighted by Crippen LogP contribution is -2.24. The minimum atomic E-state index is -4.34. The average molecular weight is 229 g/mol. The first-order chi connectivity index (χ1) is 7.48. The second kappa shape index (κ2) is 3.96. The quantitative estimate of drug-likeness (QED) is 0.736. The molecule has 1 aliphatic rings. The zero-order valence-corrected chi connectivity index (χ0v) is 8.67. The number of pyridine rings is 1. The van der Waals surface area contributed by atoms with E-state index in [-0.39, 0.29) is 11.7 Å². The van der Waals surface area contributed by atoms with Crippen LogP contribution >= 0.6 is 0 Å². The van der Waals surface area contributed by atoms with Gasteiger partial charge in [-0.2, -0.15) is 13.2 Å². The predicted octanol–water partition coefficient (Wildman–Crippen LogP) is 2.76. The fourth-order valence-electron chi connectivity index (χ4n) is 1.90. The molecule has 0 unspecified atom stereocenters. The smallest absolute Gasteiger partial charge is 0.356 e. The number of nitrogens with zero attached hydrogens (tertiary/aromatic N) is 2. The van der Waals surface area contributed by atoms with Gasteiger partial charge in [0.25, 0.3) is 0 Å². The van der Waals surface area contributed by atoms with Crippen LogP contribution in [-0.2, 0) is 6.18 Å². The van der Waals surface area contributed by atoms with Gasteiger partial charge in [0.1, 0.15) is 5.82 Å². The van der Waals surface area contributed by atoms with E-state index in [1.165, 1.54) is 12.3 Å². The van der Waals surface area contributed by atoms with Crippen molar-refractivity contribution in [2.45, 2.75) is 12.6 Å². The number of rotatable bonds is 1.